The number of rotatable bonds is 8. The Hall–Kier alpha value is -1.27. The topological polar surface area (TPSA) is 27.7 Å². The second-order valence-electron chi connectivity index (χ2n) is 4.45. The first kappa shape index (κ1) is 16.1. The van der Waals surface area contributed by atoms with Crippen LogP contribution in [0.25, 0.3) is 0 Å². The lowest BCUT2D eigenvalue weighted by Gasteiger charge is -2.17. The molecule has 2 rings (SSSR count). The summed E-state index contributed by atoms with van der Waals surface area (Å²) in [5, 5.41) is 0. The zero-order valence-electron chi connectivity index (χ0n) is 12.0. The van der Waals surface area contributed by atoms with Crippen LogP contribution < -0.4 is 9.47 Å². The summed E-state index contributed by atoms with van der Waals surface area (Å²) in [4.78, 5) is 0. The van der Waals surface area contributed by atoms with Gasteiger partial charge in [0.2, 0.25) is 0 Å². The smallest absolute Gasteiger partial charge is 0.119 e. The van der Waals surface area contributed by atoms with Crippen LogP contribution in [-0.2, 0) is 4.74 Å². The molecule has 0 spiro atoms. The Morgan fingerprint density at radius 1 is 0.952 bits per heavy atom. The van der Waals surface area contributed by atoms with Gasteiger partial charge in [0.05, 0.1) is 19.8 Å². The van der Waals surface area contributed by atoms with E-state index in [0.717, 1.165) is 21.5 Å². The molecule has 0 aliphatic carbocycles. The third-order valence-electron chi connectivity index (χ3n) is 3.02. The number of halogens is 1. The molecule has 0 bridgehead atoms. The van der Waals surface area contributed by atoms with Gasteiger partial charge in [-0.15, -0.1) is 0 Å². The molecule has 0 amide bonds. The SMILES string of the molecule is COc1cccc(C(CI)OCCOc2ccccc2)c1. The molecule has 21 heavy (non-hydrogen) atoms. The van der Waals surface area contributed by atoms with E-state index < -0.39 is 0 Å². The van der Waals surface area contributed by atoms with Gasteiger partial charge in [-0.05, 0) is 29.8 Å². The Morgan fingerprint density at radius 3 is 2.43 bits per heavy atom. The van der Waals surface area contributed by atoms with E-state index in [1.165, 1.54) is 0 Å². The molecule has 0 fully saturated rings. The van der Waals surface area contributed by atoms with Gasteiger partial charge >= 0.3 is 0 Å². The van der Waals surface area contributed by atoms with E-state index in [1.807, 2.05) is 48.5 Å². The summed E-state index contributed by atoms with van der Waals surface area (Å²) in [6.45, 7) is 1.10. The van der Waals surface area contributed by atoms with Crippen molar-refractivity contribution in [3.05, 3.63) is 60.2 Å². The molecule has 0 aliphatic heterocycles. The summed E-state index contributed by atoms with van der Waals surface area (Å²) >= 11 is 2.33. The maximum atomic E-state index is 5.91. The highest BCUT2D eigenvalue weighted by atomic mass is 127. The van der Waals surface area contributed by atoms with Gasteiger partial charge in [0.1, 0.15) is 18.1 Å². The molecule has 0 N–H and O–H groups in total. The first-order chi connectivity index (χ1) is 10.3. The van der Waals surface area contributed by atoms with Crippen LogP contribution in [0, 0.1) is 0 Å². The minimum atomic E-state index is 0.0556. The van der Waals surface area contributed by atoms with Crippen molar-refractivity contribution < 1.29 is 14.2 Å². The third-order valence-corrected chi connectivity index (χ3v) is 3.82. The highest BCUT2D eigenvalue weighted by Crippen LogP contribution is 2.23. The standard InChI is InChI=1S/C17H19IO3/c1-19-16-9-5-6-14(12-16)17(13-18)21-11-10-20-15-7-3-2-4-8-15/h2-9,12,17H,10-11,13H2,1H3. The van der Waals surface area contributed by atoms with Gasteiger partial charge in [-0.1, -0.05) is 52.9 Å². The number of ether oxygens (including phenoxy) is 3. The Labute approximate surface area is 139 Å². The second kappa shape index (κ2) is 8.89. The largest absolute Gasteiger partial charge is 0.497 e. The Morgan fingerprint density at radius 2 is 1.71 bits per heavy atom. The van der Waals surface area contributed by atoms with E-state index in [1.54, 1.807) is 7.11 Å². The van der Waals surface area contributed by atoms with Crippen molar-refractivity contribution in [1.29, 1.82) is 0 Å². The Balaban J connectivity index is 1.82. The quantitative estimate of drug-likeness (QED) is 0.378. The second-order valence-corrected chi connectivity index (χ2v) is 5.33. The Kier molecular flexibility index (Phi) is 6.82. The molecule has 0 radical (unpaired) electrons. The molecule has 0 saturated carbocycles. The van der Waals surface area contributed by atoms with Crippen LogP contribution in [0.5, 0.6) is 11.5 Å². The van der Waals surface area contributed by atoms with E-state index in [9.17, 15) is 0 Å². The molecule has 2 aromatic rings. The van der Waals surface area contributed by atoms with Gasteiger partial charge < -0.3 is 14.2 Å². The van der Waals surface area contributed by atoms with Crippen LogP contribution in [-0.4, -0.2) is 24.8 Å². The zero-order chi connectivity index (χ0) is 14.9. The minimum absolute atomic E-state index is 0.0556. The maximum Gasteiger partial charge on any atom is 0.119 e. The van der Waals surface area contributed by atoms with E-state index in [4.69, 9.17) is 14.2 Å². The van der Waals surface area contributed by atoms with Gasteiger partial charge in [-0.25, -0.2) is 0 Å². The van der Waals surface area contributed by atoms with E-state index in [2.05, 4.69) is 28.7 Å². The van der Waals surface area contributed by atoms with Crippen LogP contribution in [0.4, 0.5) is 0 Å². The zero-order valence-corrected chi connectivity index (χ0v) is 14.2. The van der Waals surface area contributed by atoms with Crippen molar-refractivity contribution in [2.75, 3.05) is 24.8 Å². The molecule has 3 nitrogen and oxygen atoms in total. The van der Waals surface area contributed by atoms with Crippen LogP contribution in [0.2, 0.25) is 0 Å². The van der Waals surface area contributed by atoms with E-state index in [0.29, 0.717) is 13.2 Å². The number of hydrogen-bond acceptors (Lipinski definition) is 3. The van der Waals surface area contributed by atoms with E-state index in [-0.39, 0.29) is 6.10 Å². The highest BCUT2D eigenvalue weighted by molar-refractivity contribution is 14.1. The number of hydrogen-bond donors (Lipinski definition) is 0. The van der Waals surface area contributed by atoms with Crippen LogP contribution in [0.1, 0.15) is 11.7 Å². The Bertz CT molecular complexity index is 531. The maximum absolute atomic E-state index is 5.91. The van der Waals surface area contributed by atoms with Gasteiger partial charge in [-0.3, -0.25) is 0 Å². The molecular formula is C17H19IO3. The molecule has 1 unspecified atom stereocenters. The summed E-state index contributed by atoms with van der Waals surface area (Å²) in [5.74, 6) is 1.72. The van der Waals surface area contributed by atoms with Crippen LogP contribution >= 0.6 is 22.6 Å². The predicted molar refractivity (Wildman–Crippen MR) is 92.5 cm³/mol. The molecule has 0 aromatic heterocycles. The summed E-state index contributed by atoms with van der Waals surface area (Å²) in [6.07, 6.45) is 0.0556. The first-order valence-electron chi connectivity index (χ1n) is 6.83. The monoisotopic (exact) mass is 398 g/mol. The fourth-order valence-corrected chi connectivity index (χ4v) is 2.70. The van der Waals surface area contributed by atoms with Crippen molar-refractivity contribution in [3.8, 4) is 11.5 Å². The van der Waals surface area contributed by atoms with Gasteiger partial charge in [-0.2, -0.15) is 0 Å². The van der Waals surface area contributed by atoms with Gasteiger partial charge in [0.15, 0.2) is 0 Å². The molecule has 1 atom stereocenters. The van der Waals surface area contributed by atoms with Crippen molar-refractivity contribution in [2.24, 2.45) is 0 Å². The van der Waals surface area contributed by atoms with Crippen molar-refractivity contribution in [1.82, 2.24) is 0 Å². The van der Waals surface area contributed by atoms with Crippen LogP contribution in [0.3, 0.4) is 0 Å². The summed E-state index contributed by atoms with van der Waals surface area (Å²) in [5.41, 5.74) is 1.13. The molecule has 0 aliphatic rings. The summed E-state index contributed by atoms with van der Waals surface area (Å²) in [7, 11) is 1.67. The normalized spacial score (nSPS) is 11.9. The molecular weight excluding hydrogens is 379 g/mol. The first-order valence-corrected chi connectivity index (χ1v) is 8.35. The minimum Gasteiger partial charge on any atom is -0.497 e. The molecule has 112 valence electrons. The van der Waals surface area contributed by atoms with Crippen molar-refractivity contribution in [2.45, 2.75) is 6.10 Å². The highest BCUT2D eigenvalue weighted by Gasteiger charge is 2.11. The van der Waals surface area contributed by atoms with E-state index >= 15 is 0 Å². The molecule has 4 heteroatoms. The molecule has 0 heterocycles. The third kappa shape index (κ3) is 5.21. The van der Waals surface area contributed by atoms with Gasteiger partial charge in [0, 0.05) is 4.43 Å². The van der Waals surface area contributed by atoms with Crippen molar-refractivity contribution >= 4 is 22.6 Å². The number of alkyl halides is 1. The predicted octanol–water partition coefficient (Wildman–Crippen LogP) is 4.27. The summed E-state index contributed by atoms with van der Waals surface area (Å²) in [6, 6.07) is 17.8. The van der Waals surface area contributed by atoms with Gasteiger partial charge in [0.25, 0.3) is 0 Å². The number of methoxy groups -OCH3 is 1. The molecule has 0 saturated heterocycles. The lowest BCUT2D eigenvalue weighted by atomic mass is 10.1. The lowest BCUT2D eigenvalue weighted by Crippen LogP contribution is -2.12. The lowest BCUT2D eigenvalue weighted by molar-refractivity contribution is 0.0482. The average molecular weight is 398 g/mol. The number of para-hydroxylation sites is 1. The van der Waals surface area contributed by atoms with Crippen LogP contribution in [0.15, 0.2) is 54.6 Å². The molecule has 2 aromatic carbocycles. The average Bonchev–Trinajstić information content (AvgIpc) is 2.56. The fraction of sp³-hybridized carbons (Fsp3) is 0.294. The number of benzene rings is 2. The van der Waals surface area contributed by atoms with Crippen molar-refractivity contribution in [3.63, 3.8) is 0 Å². The fourth-order valence-electron chi connectivity index (χ4n) is 1.94. The summed E-state index contributed by atoms with van der Waals surface area (Å²) < 4.78 is 17.7.